The van der Waals surface area contributed by atoms with Crippen molar-refractivity contribution in [3.05, 3.63) is 35.9 Å². The third-order valence-electron chi connectivity index (χ3n) is 2.91. The lowest BCUT2D eigenvalue weighted by Gasteiger charge is -2.32. The number of hydrogen-bond donors (Lipinski definition) is 1. The molecule has 1 unspecified atom stereocenters. The van der Waals surface area contributed by atoms with Gasteiger partial charge in [-0.25, -0.2) is 0 Å². The molecule has 3 nitrogen and oxygen atoms in total. The zero-order chi connectivity index (χ0) is 12.8. The second-order valence-electron chi connectivity index (χ2n) is 4.70. The summed E-state index contributed by atoms with van der Waals surface area (Å²) in [5, 5.41) is 8.85. The van der Waals surface area contributed by atoms with Crippen LogP contribution in [0, 0.1) is 0 Å². The maximum atomic E-state index is 10.8. The van der Waals surface area contributed by atoms with Crippen molar-refractivity contribution in [1.82, 2.24) is 4.90 Å². The second-order valence-corrected chi connectivity index (χ2v) is 4.70. The van der Waals surface area contributed by atoms with Crippen LogP contribution < -0.4 is 0 Å². The lowest BCUT2D eigenvalue weighted by molar-refractivity contribution is -0.138. The monoisotopic (exact) mass is 235 g/mol. The average Bonchev–Trinajstić information content (AvgIpc) is 2.25. The Morgan fingerprint density at radius 3 is 2.29 bits per heavy atom. The van der Waals surface area contributed by atoms with E-state index in [9.17, 15) is 4.79 Å². The molecule has 94 valence electrons. The average molecular weight is 235 g/mol. The van der Waals surface area contributed by atoms with Gasteiger partial charge in [0.15, 0.2) is 0 Å². The molecule has 1 atom stereocenters. The lowest BCUT2D eigenvalue weighted by Crippen LogP contribution is -2.39. The highest BCUT2D eigenvalue weighted by Crippen LogP contribution is 2.14. The first-order valence-corrected chi connectivity index (χ1v) is 6.02. The molecular weight excluding hydrogens is 214 g/mol. The molecule has 0 amide bonds. The first-order chi connectivity index (χ1) is 8.00. The highest BCUT2D eigenvalue weighted by Gasteiger charge is 2.19. The summed E-state index contributed by atoms with van der Waals surface area (Å²) in [7, 11) is 0. The van der Waals surface area contributed by atoms with E-state index in [0.717, 1.165) is 6.54 Å². The highest BCUT2D eigenvalue weighted by molar-refractivity contribution is 5.67. The van der Waals surface area contributed by atoms with Gasteiger partial charge in [0.2, 0.25) is 0 Å². The number of carbonyl (C=O) groups is 1. The van der Waals surface area contributed by atoms with Crippen molar-refractivity contribution in [2.45, 2.75) is 45.8 Å². The molecule has 0 aliphatic heterocycles. The summed E-state index contributed by atoms with van der Waals surface area (Å²) in [5.41, 5.74) is 1.22. The Morgan fingerprint density at radius 2 is 1.82 bits per heavy atom. The predicted octanol–water partition coefficient (Wildman–Crippen LogP) is 2.76. The molecule has 0 radical (unpaired) electrons. The summed E-state index contributed by atoms with van der Waals surface area (Å²) in [6, 6.07) is 10.5. The number of carboxylic acids is 1. The number of hydrogen-bond acceptors (Lipinski definition) is 2. The van der Waals surface area contributed by atoms with Gasteiger partial charge < -0.3 is 5.11 Å². The Kier molecular flexibility index (Phi) is 5.16. The Bertz CT molecular complexity index is 348. The molecular formula is C14H21NO2. The number of nitrogens with zero attached hydrogens (tertiary/aromatic N) is 1. The van der Waals surface area contributed by atoms with E-state index < -0.39 is 5.97 Å². The summed E-state index contributed by atoms with van der Waals surface area (Å²) in [6.07, 6.45) is 0.186. The maximum Gasteiger partial charge on any atom is 0.304 e. The van der Waals surface area contributed by atoms with Crippen molar-refractivity contribution >= 4 is 5.97 Å². The Morgan fingerprint density at radius 1 is 1.24 bits per heavy atom. The normalized spacial score (nSPS) is 13.0. The second kappa shape index (κ2) is 6.40. The molecule has 0 saturated carbocycles. The molecule has 3 heteroatoms. The number of carboxylic acid groups (broad SMARTS) is 1. The summed E-state index contributed by atoms with van der Waals surface area (Å²) in [5.74, 6) is -0.740. The molecule has 0 aromatic heterocycles. The standard InChI is InChI=1S/C14H21NO2/c1-11(2)15(12(3)9-14(16)17)10-13-7-5-4-6-8-13/h4-8,11-12H,9-10H2,1-3H3,(H,16,17). The lowest BCUT2D eigenvalue weighted by atomic mass is 10.1. The third-order valence-corrected chi connectivity index (χ3v) is 2.91. The largest absolute Gasteiger partial charge is 0.481 e. The highest BCUT2D eigenvalue weighted by atomic mass is 16.4. The summed E-state index contributed by atoms with van der Waals surface area (Å²) < 4.78 is 0. The van der Waals surface area contributed by atoms with E-state index in [-0.39, 0.29) is 12.5 Å². The fraction of sp³-hybridized carbons (Fsp3) is 0.500. The van der Waals surface area contributed by atoms with Crippen LogP contribution in [0.3, 0.4) is 0 Å². The van der Waals surface area contributed by atoms with E-state index in [1.807, 2.05) is 25.1 Å². The van der Waals surface area contributed by atoms with Crippen LogP contribution in [0.1, 0.15) is 32.8 Å². The predicted molar refractivity (Wildman–Crippen MR) is 68.8 cm³/mol. The van der Waals surface area contributed by atoms with Crippen LogP contribution >= 0.6 is 0 Å². The van der Waals surface area contributed by atoms with E-state index in [0.29, 0.717) is 6.04 Å². The van der Waals surface area contributed by atoms with Gasteiger partial charge in [0, 0.05) is 18.6 Å². The smallest absolute Gasteiger partial charge is 0.304 e. The van der Waals surface area contributed by atoms with Crippen molar-refractivity contribution in [3.8, 4) is 0 Å². The molecule has 1 rings (SSSR count). The third kappa shape index (κ3) is 4.57. The molecule has 0 saturated heterocycles. The van der Waals surface area contributed by atoms with Gasteiger partial charge >= 0.3 is 5.97 Å². The minimum atomic E-state index is -0.740. The zero-order valence-corrected chi connectivity index (χ0v) is 10.8. The first-order valence-electron chi connectivity index (χ1n) is 6.02. The van der Waals surface area contributed by atoms with Gasteiger partial charge in [-0.15, -0.1) is 0 Å². The van der Waals surface area contributed by atoms with Crippen LogP contribution in [0.4, 0.5) is 0 Å². The summed E-state index contributed by atoms with van der Waals surface area (Å²) in [4.78, 5) is 13.0. The number of rotatable bonds is 6. The minimum Gasteiger partial charge on any atom is -0.481 e. The van der Waals surface area contributed by atoms with Crippen LogP contribution in [0.2, 0.25) is 0 Å². The summed E-state index contributed by atoms with van der Waals surface area (Å²) >= 11 is 0. The zero-order valence-electron chi connectivity index (χ0n) is 10.8. The Hall–Kier alpha value is -1.35. The van der Waals surface area contributed by atoms with Crippen molar-refractivity contribution in [2.75, 3.05) is 0 Å². The molecule has 1 aromatic rings. The van der Waals surface area contributed by atoms with Gasteiger partial charge in [-0.2, -0.15) is 0 Å². The van der Waals surface area contributed by atoms with Crippen molar-refractivity contribution in [2.24, 2.45) is 0 Å². The Balaban J connectivity index is 2.70. The van der Waals surface area contributed by atoms with E-state index in [1.54, 1.807) is 0 Å². The van der Waals surface area contributed by atoms with Crippen molar-refractivity contribution in [3.63, 3.8) is 0 Å². The first kappa shape index (κ1) is 13.7. The van der Waals surface area contributed by atoms with Gasteiger partial charge in [-0.3, -0.25) is 9.69 Å². The van der Waals surface area contributed by atoms with Crippen molar-refractivity contribution in [1.29, 1.82) is 0 Å². The quantitative estimate of drug-likeness (QED) is 0.824. The van der Waals surface area contributed by atoms with E-state index in [1.165, 1.54) is 5.56 Å². The van der Waals surface area contributed by atoms with Gasteiger partial charge in [-0.1, -0.05) is 30.3 Å². The Labute approximate surface area is 103 Å². The molecule has 0 spiro atoms. The van der Waals surface area contributed by atoms with Crippen molar-refractivity contribution < 1.29 is 9.90 Å². The number of aliphatic carboxylic acids is 1. The number of benzene rings is 1. The van der Waals surface area contributed by atoms with Gasteiger partial charge in [0.05, 0.1) is 6.42 Å². The minimum absolute atomic E-state index is 0.0488. The van der Waals surface area contributed by atoms with Crippen LogP contribution in [0.5, 0.6) is 0 Å². The molecule has 17 heavy (non-hydrogen) atoms. The maximum absolute atomic E-state index is 10.8. The van der Waals surface area contributed by atoms with Gasteiger partial charge in [0.25, 0.3) is 0 Å². The molecule has 0 bridgehead atoms. The SMILES string of the molecule is CC(C)N(Cc1ccccc1)C(C)CC(=O)O. The fourth-order valence-electron chi connectivity index (χ4n) is 2.01. The van der Waals surface area contributed by atoms with Crippen LogP contribution in [-0.4, -0.2) is 28.1 Å². The van der Waals surface area contributed by atoms with E-state index in [2.05, 4.69) is 30.9 Å². The van der Waals surface area contributed by atoms with Crippen LogP contribution in [0.15, 0.2) is 30.3 Å². The van der Waals surface area contributed by atoms with Gasteiger partial charge in [-0.05, 0) is 26.3 Å². The topological polar surface area (TPSA) is 40.5 Å². The molecule has 0 aliphatic carbocycles. The van der Waals surface area contributed by atoms with Crippen LogP contribution in [0.25, 0.3) is 0 Å². The summed E-state index contributed by atoms with van der Waals surface area (Å²) in [6.45, 7) is 6.96. The van der Waals surface area contributed by atoms with E-state index in [4.69, 9.17) is 5.11 Å². The van der Waals surface area contributed by atoms with Gasteiger partial charge in [0.1, 0.15) is 0 Å². The molecule has 0 heterocycles. The molecule has 1 N–H and O–H groups in total. The van der Waals surface area contributed by atoms with Crippen LogP contribution in [-0.2, 0) is 11.3 Å². The molecule has 0 fully saturated rings. The molecule has 0 aliphatic rings. The molecule has 1 aromatic carbocycles. The fourth-order valence-corrected chi connectivity index (χ4v) is 2.01. The van der Waals surface area contributed by atoms with E-state index >= 15 is 0 Å².